The van der Waals surface area contributed by atoms with Crippen LogP contribution in [0.15, 0.2) is 71.3 Å². The number of Topliss-reactive ketones (excluding diaryl/α,β-unsaturated/α-hetero) is 1. The second kappa shape index (κ2) is 7.87. The van der Waals surface area contributed by atoms with Crippen molar-refractivity contribution in [3.63, 3.8) is 0 Å². The number of benzene rings is 2. The molecule has 1 aliphatic rings. The van der Waals surface area contributed by atoms with Crippen LogP contribution in [-0.2, 0) is 14.6 Å². The summed E-state index contributed by atoms with van der Waals surface area (Å²) < 4.78 is 28.0. The molecule has 1 saturated carbocycles. The summed E-state index contributed by atoms with van der Waals surface area (Å²) in [4.78, 5) is 12.8. The van der Waals surface area contributed by atoms with E-state index in [2.05, 4.69) is 10.3 Å². The highest BCUT2D eigenvalue weighted by atomic mass is 32.2. The van der Waals surface area contributed by atoms with E-state index < -0.39 is 20.8 Å². The summed E-state index contributed by atoms with van der Waals surface area (Å²) in [5.74, 6) is -0.809. The Kier molecular flexibility index (Phi) is 5.26. The van der Waals surface area contributed by atoms with Crippen LogP contribution in [-0.4, -0.2) is 39.6 Å². The van der Waals surface area contributed by atoms with E-state index in [0.29, 0.717) is 6.42 Å². The first kappa shape index (κ1) is 20.0. The zero-order valence-electron chi connectivity index (χ0n) is 16.4. The van der Waals surface area contributed by atoms with Gasteiger partial charge in [0.05, 0.1) is 27.6 Å². The van der Waals surface area contributed by atoms with Crippen LogP contribution >= 0.6 is 0 Å². The molecule has 1 aromatic heterocycles. The highest BCUT2D eigenvalue weighted by Gasteiger charge is 2.39. The van der Waals surface area contributed by atoms with Crippen LogP contribution in [0, 0.1) is 6.92 Å². The molecule has 1 N–H and O–H groups in total. The van der Waals surface area contributed by atoms with Gasteiger partial charge in [-0.1, -0.05) is 41.1 Å². The van der Waals surface area contributed by atoms with Gasteiger partial charge in [0.25, 0.3) is 0 Å². The lowest BCUT2D eigenvalue weighted by Crippen LogP contribution is -2.32. The zero-order valence-corrected chi connectivity index (χ0v) is 17.2. The molecule has 2 aromatic carbocycles. The summed E-state index contributed by atoms with van der Waals surface area (Å²) in [7, 11) is -3.85. The molecule has 1 atom stereocenters. The highest BCUT2D eigenvalue weighted by Crippen LogP contribution is 2.34. The number of para-hydroxylation sites is 1. The lowest BCUT2D eigenvalue weighted by molar-refractivity contribution is -0.116. The molecule has 8 heteroatoms. The highest BCUT2D eigenvalue weighted by molar-refractivity contribution is 7.92. The SMILES string of the molecule is Cc1ccc(S(=O)(=O)C2CCCC(=O)C2=C(O)c2cn(-c3ccccc3)nn2)cc1. The molecule has 1 aliphatic carbocycles. The molecular formula is C22H21N3O4S. The Morgan fingerprint density at radius 3 is 2.50 bits per heavy atom. The largest absolute Gasteiger partial charge is 0.505 e. The first-order chi connectivity index (χ1) is 14.4. The summed E-state index contributed by atoms with van der Waals surface area (Å²) >= 11 is 0. The van der Waals surface area contributed by atoms with Crippen molar-refractivity contribution in [2.45, 2.75) is 36.3 Å². The number of carbonyl (C=O) groups excluding carboxylic acids is 1. The molecule has 154 valence electrons. The van der Waals surface area contributed by atoms with Crippen LogP contribution in [0.25, 0.3) is 11.4 Å². The summed E-state index contributed by atoms with van der Waals surface area (Å²) in [6.45, 7) is 1.87. The van der Waals surface area contributed by atoms with E-state index in [9.17, 15) is 18.3 Å². The van der Waals surface area contributed by atoms with Crippen LogP contribution in [0.4, 0.5) is 0 Å². The second-order valence-electron chi connectivity index (χ2n) is 7.31. The van der Waals surface area contributed by atoms with Crippen molar-refractivity contribution >= 4 is 21.4 Å². The number of hydrogen-bond acceptors (Lipinski definition) is 6. The Morgan fingerprint density at radius 2 is 1.80 bits per heavy atom. The van der Waals surface area contributed by atoms with Gasteiger partial charge in [-0.15, -0.1) is 5.10 Å². The molecule has 30 heavy (non-hydrogen) atoms. The van der Waals surface area contributed by atoms with Crippen LogP contribution in [0.5, 0.6) is 0 Å². The van der Waals surface area contributed by atoms with Gasteiger partial charge in [0.15, 0.2) is 21.4 Å². The number of hydrogen-bond donors (Lipinski definition) is 1. The minimum absolute atomic E-state index is 0.0632. The molecule has 1 fully saturated rings. The van der Waals surface area contributed by atoms with Crippen molar-refractivity contribution in [3.05, 3.63) is 77.6 Å². The average Bonchev–Trinajstić information content (AvgIpc) is 3.24. The van der Waals surface area contributed by atoms with E-state index in [-0.39, 0.29) is 34.8 Å². The standard InChI is InChI=1S/C22H21N3O4S/c1-15-10-12-17(13-11-15)30(28,29)20-9-5-8-19(26)21(20)22(27)18-14-25(24-23-18)16-6-3-2-4-7-16/h2-4,6-7,10-14,20,27H,5,8-9H2,1H3. The Balaban J connectivity index is 1.77. The number of aliphatic hydroxyl groups excluding tert-OH is 1. The van der Waals surface area contributed by atoms with Gasteiger partial charge in [-0.05, 0) is 44.0 Å². The fourth-order valence-corrected chi connectivity index (χ4v) is 5.49. The van der Waals surface area contributed by atoms with Crippen LogP contribution in [0.1, 0.15) is 30.5 Å². The lowest BCUT2D eigenvalue weighted by Gasteiger charge is -2.25. The first-order valence-corrected chi connectivity index (χ1v) is 11.2. The number of aromatic nitrogens is 3. The van der Waals surface area contributed by atoms with Gasteiger partial charge < -0.3 is 5.11 Å². The van der Waals surface area contributed by atoms with E-state index >= 15 is 0 Å². The Bertz CT molecular complexity index is 1210. The number of aryl methyl sites for hydroxylation is 1. The summed E-state index contributed by atoms with van der Waals surface area (Å²) in [6, 6.07) is 15.7. The maximum absolute atomic E-state index is 13.3. The number of aliphatic hydroxyl groups is 1. The Hall–Kier alpha value is -3.26. The van der Waals surface area contributed by atoms with Crippen molar-refractivity contribution in [1.82, 2.24) is 15.0 Å². The molecule has 0 bridgehead atoms. The first-order valence-electron chi connectivity index (χ1n) is 9.63. The lowest BCUT2D eigenvalue weighted by atomic mass is 9.91. The minimum atomic E-state index is -3.85. The van der Waals surface area contributed by atoms with Gasteiger partial charge in [0.1, 0.15) is 5.69 Å². The van der Waals surface area contributed by atoms with Gasteiger partial charge in [-0.25, -0.2) is 13.1 Å². The van der Waals surface area contributed by atoms with E-state index in [0.717, 1.165) is 11.3 Å². The van der Waals surface area contributed by atoms with E-state index in [4.69, 9.17) is 0 Å². The maximum Gasteiger partial charge on any atom is 0.185 e. The van der Waals surface area contributed by atoms with Crippen molar-refractivity contribution in [2.75, 3.05) is 0 Å². The number of sulfone groups is 1. The van der Waals surface area contributed by atoms with Gasteiger partial charge in [-0.3, -0.25) is 4.79 Å². The smallest absolute Gasteiger partial charge is 0.185 e. The fourth-order valence-electron chi connectivity index (χ4n) is 3.61. The van der Waals surface area contributed by atoms with E-state index in [1.807, 2.05) is 37.3 Å². The topological polar surface area (TPSA) is 102 Å². The second-order valence-corrected chi connectivity index (χ2v) is 9.44. The molecule has 1 unspecified atom stereocenters. The summed E-state index contributed by atoms with van der Waals surface area (Å²) in [6.07, 6.45) is 2.37. The predicted octanol–water partition coefficient (Wildman–Crippen LogP) is 3.44. The van der Waals surface area contributed by atoms with Crippen molar-refractivity contribution in [3.8, 4) is 5.69 Å². The molecule has 0 radical (unpaired) electrons. The number of rotatable bonds is 4. The van der Waals surface area contributed by atoms with Crippen molar-refractivity contribution in [2.24, 2.45) is 0 Å². The minimum Gasteiger partial charge on any atom is -0.505 e. The molecule has 4 rings (SSSR count). The van der Waals surface area contributed by atoms with E-state index in [1.165, 1.54) is 23.0 Å². The van der Waals surface area contributed by atoms with Crippen molar-refractivity contribution < 1.29 is 18.3 Å². The van der Waals surface area contributed by atoms with Crippen LogP contribution in [0.3, 0.4) is 0 Å². The van der Waals surface area contributed by atoms with E-state index in [1.54, 1.807) is 12.1 Å². The van der Waals surface area contributed by atoms with Crippen LogP contribution in [0.2, 0.25) is 0 Å². The Morgan fingerprint density at radius 1 is 1.10 bits per heavy atom. The molecule has 0 saturated heterocycles. The normalized spacial score (nSPS) is 19.0. The monoisotopic (exact) mass is 423 g/mol. The quantitative estimate of drug-likeness (QED) is 0.509. The maximum atomic E-state index is 13.3. The predicted molar refractivity (Wildman–Crippen MR) is 112 cm³/mol. The molecule has 0 spiro atoms. The van der Waals surface area contributed by atoms with Gasteiger partial charge >= 0.3 is 0 Å². The average molecular weight is 423 g/mol. The van der Waals surface area contributed by atoms with Gasteiger partial charge in [0.2, 0.25) is 0 Å². The van der Waals surface area contributed by atoms with Crippen LogP contribution < -0.4 is 0 Å². The molecule has 0 aliphatic heterocycles. The number of nitrogens with zero attached hydrogens (tertiary/aromatic N) is 3. The zero-order chi connectivity index (χ0) is 21.3. The molecule has 0 amide bonds. The fraction of sp³-hybridized carbons (Fsp3) is 0.227. The third kappa shape index (κ3) is 3.66. The molecule has 3 aromatic rings. The molecular weight excluding hydrogens is 402 g/mol. The Labute approximate surface area is 174 Å². The van der Waals surface area contributed by atoms with Crippen molar-refractivity contribution in [1.29, 1.82) is 0 Å². The third-order valence-corrected chi connectivity index (χ3v) is 7.38. The molecule has 7 nitrogen and oxygen atoms in total. The summed E-state index contributed by atoms with van der Waals surface area (Å²) in [5.41, 5.74) is 1.62. The molecule has 1 heterocycles. The van der Waals surface area contributed by atoms with Gasteiger partial charge in [0, 0.05) is 6.42 Å². The van der Waals surface area contributed by atoms with Gasteiger partial charge in [-0.2, -0.15) is 0 Å². The number of ketones is 1. The number of carbonyl (C=O) groups is 1. The summed E-state index contributed by atoms with van der Waals surface area (Å²) in [5, 5.41) is 17.7. The third-order valence-electron chi connectivity index (χ3n) is 5.23.